The lowest BCUT2D eigenvalue weighted by Crippen LogP contribution is -2.30. The zero-order valence-electron chi connectivity index (χ0n) is 18.7. The molecule has 0 unspecified atom stereocenters. The number of carbonyl (C=O) groups is 3. The molecule has 170 valence electrons. The third kappa shape index (κ3) is 4.47. The largest absolute Gasteiger partial charge is 0.493 e. The topological polar surface area (TPSA) is 76.2 Å². The zero-order chi connectivity index (χ0) is 23.5. The van der Waals surface area contributed by atoms with Gasteiger partial charge in [-0.25, -0.2) is 0 Å². The average Bonchev–Trinajstić information content (AvgIpc) is 3.44. The van der Waals surface area contributed by atoms with E-state index in [2.05, 4.69) is 0 Å². The van der Waals surface area contributed by atoms with Gasteiger partial charge in [0.2, 0.25) is 0 Å². The molecule has 0 atom stereocenters. The fourth-order valence-electron chi connectivity index (χ4n) is 3.70. The van der Waals surface area contributed by atoms with Gasteiger partial charge in [-0.15, -0.1) is 11.3 Å². The summed E-state index contributed by atoms with van der Waals surface area (Å²) >= 11 is 1.63. The molecule has 33 heavy (non-hydrogen) atoms. The Morgan fingerprint density at radius 1 is 1.03 bits per heavy atom. The fraction of sp³-hybridized carbons (Fsp3) is 0.240. The van der Waals surface area contributed by atoms with Crippen LogP contribution in [0.4, 0.5) is 0 Å². The molecule has 0 bridgehead atoms. The Kier molecular flexibility index (Phi) is 6.46. The number of methoxy groups -OCH3 is 1. The molecule has 2 heterocycles. The summed E-state index contributed by atoms with van der Waals surface area (Å²) in [5, 5.41) is 2.00. The highest BCUT2D eigenvalue weighted by Crippen LogP contribution is 2.30. The molecule has 3 amide bonds. The number of hydrogen-bond donors (Lipinski definition) is 0. The maximum absolute atomic E-state index is 13.2. The molecule has 2 aromatic carbocycles. The van der Waals surface area contributed by atoms with Crippen LogP contribution in [0, 0.1) is 0 Å². The van der Waals surface area contributed by atoms with E-state index in [1.54, 1.807) is 35.5 Å². The van der Waals surface area contributed by atoms with Crippen molar-refractivity contribution in [3.8, 4) is 11.5 Å². The molecule has 0 saturated carbocycles. The molecule has 0 fully saturated rings. The maximum Gasteiger partial charge on any atom is 0.261 e. The van der Waals surface area contributed by atoms with E-state index in [0.29, 0.717) is 42.3 Å². The van der Waals surface area contributed by atoms with Crippen LogP contribution >= 0.6 is 11.3 Å². The number of ether oxygens (including phenoxy) is 2. The SMILES string of the molecule is CCN(Cc1ccc(OCc2cccs2)c(OC)c1)C(=O)c1ccc2c(c1)C(=O)N(C)C2=O. The molecular formula is C25H24N2O5S. The van der Waals surface area contributed by atoms with E-state index in [1.807, 2.05) is 42.6 Å². The first-order chi connectivity index (χ1) is 15.9. The Balaban J connectivity index is 1.50. The van der Waals surface area contributed by atoms with Crippen LogP contribution in [-0.2, 0) is 13.2 Å². The second-order valence-electron chi connectivity index (χ2n) is 7.60. The van der Waals surface area contributed by atoms with E-state index < -0.39 is 5.91 Å². The number of amides is 3. The minimum Gasteiger partial charge on any atom is -0.493 e. The first kappa shape index (κ1) is 22.5. The number of benzene rings is 2. The second-order valence-corrected chi connectivity index (χ2v) is 8.63. The van der Waals surface area contributed by atoms with Crippen LogP contribution in [0.25, 0.3) is 0 Å². The summed E-state index contributed by atoms with van der Waals surface area (Å²) in [4.78, 5) is 41.4. The van der Waals surface area contributed by atoms with Gasteiger partial charge in [0.15, 0.2) is 11.5 Å². The Bertz CT molecular complexity index is 1210. The molecule has 0 radical (unpaired) electrons. The Morgan fingerprint density at radius 2 is 1.82 bits per heavy atom. The molecule has 4 rings (SSSR count). The van der Waals surface area contributed by atoms with Crippen molar-refractivity contribution in [3.05, 3.63) is 81.0 Å². The van der Waals surface area contributed by atoms with Gasteiger partial charge < -0.3 is 14.4 Å². The predicted octanol–water partition coefficient (Wildman–Crippen LogP) is 4.22. The summed E-state index contributed by atoms with van der Waals surface area (Å²) in [6.07, 6.45) is 0. The number of fused-ring (bicyclic) bond motifs is 1. The summed E-state index contributed by atoms with van der Waals surface area (Å²) in [5.74, 6) is 0.268. The van der Waals surface area contributed by atoms with E-state index >= 15 is 0 Å². The number of nitrogens with zero attached hydrogens (tertiary/aromatic N) is 2. The quantitative estimate of drug-likeness (QED) is 0.467. The highest BCUT2D eigenvalue weighted by atomic mass is 32.1. The smallest absolute Gasteiger partial charge is 0.261 e. The molecule has 0 N–H and O–H groups in total. The van der Waals surface area contributed by atoms with Crippen molar-refractivity contribution in [2.45, 2.75) is 20.1 Å². The van der Waals surface area contributed by atoms with Gasteiger partial charge in [-0.3, -0.25) is 19.3 Å². The lowest BCUT2D eigenvalue weighted by Gasteiger charge is -2.22. The van der Waals surface area contributed by atoms with Gasteiger partial charge in [-0.1, -0.05) is 12.1 Å². The highest BCUT2D eigenvalue weighted by molar-refractivity contribution is 7.09. The van der Waals surface area contributed by atoms with Gasteiger partial charge in [0.05, 0.1) is 18.2 Å². The van der Waals surface area contributed by atoms with E-state index in [4.69, 9.17) is 9.47 Å². The van der Waals surface area contributed by atoms with Crippen molar-refractivity contribution in [1.29, 1.82) is 0 Å². The standard InChI is InChI=1S/C25H24N2O5S/c1-4-27(23(28)17-8-9-19-20(13-17)25(30)26(2)24(19)29)14-16-7-10-21(22(12-16)31-3)32-15-18-6-5-11-33-18/h5-13H,4,14-15H2,1-3H3. The molecule has 7 nitrogen and oxygen atoms in total. The average molecular weight is 465 g/mol. The lowest BCUT2D eigenvalue weighted by atomic mass is 10.0. The van der Waals surface area contributed by atoms with Crippen LogP contribution in [0.15, 0.2) is 53.9 Å². The number of hydrogen-bond acceptors (Lipinski definition) is 6. The fourth-order valence-corrected chi connectivity index (χ4v) is 4.31. The van der Waals surface area contributed by atoms with Crippen molar-refractivity contribution in [3.63, 3.8) is 0 Å². The summed E-state index contributed by atoms with van der Waals surface area (Å²) < 4.78 is 11.4. The van der Waals surface area contributed by atoms with Crippen molar-refractivity contribution in [2.24, 2.45) is 0 Å². The Morgan fingerprint density at radius 3 is 2.52 bits per heavy atom. The molecule has 3 aromatic rings. The van der Waals surface area contributed by atoms with Crippen molar-refractivity contribution in [1.82, 2.24) is 9.80 Å². The molecule has 0 spiro atoms. The van der Waals surface area contributed by atoms with E-state index in [1.165, 1.54) is 13.1 Å². The molecule has 1 aliphatic rings. The Hall–Kier alpha value is -3.65. The lowest BCUT2D eigenvalue weighted by molar-refractivity contribution is 0.0692. The molecule has 1 aromatic heterocycles. The Labute approximate surface area is 196 Å². The van der Waals surface area contributed by atoms with Crippen molar-refractivity contribution >= 4 is 29.1 Å². The first-order valence-corrected chi connectivity index (χ1v) is 11.4. The minimum absolute atomic E-state index is 0.216. The third-order valence-corrected chi connectivity index (χ3v) is 6.41. The van der Waals surface area contributed by atoms with Crippen LogP contribution in [0.3, 0.4) is 0 Å². The summed E-state index contributed by atoms with van der Waals surface area (Å²) in [7, 11) is 3.02. The molecule has 0 aliphatic carbocycles. The summed E-state index contributed by atoms with van der Waals surface area (Å²) in [6, 6.07) is 14.2. The highest BCUT2D eigenvalue weighted by Gasteiger charge is 2.33. The number of rotatable bonds is 8. The van der Waals surface area contributed by atoms with Crippen LogP contribution in [0.5, 0.6) is 11.5 Å². The van der Waals surface area contributed by atoms with Crippen molar-refractivity contribution in [2.75, 3.05) is 20.7 Å². The van der Waals surface area contributed by atoms with Gasteiger partial charge in [-0.2, -0.15) is 0 Å². The molecule has 0 saturated heterocycles. The monoisotopic (exact) mass is 464 g/mol. The van der Waals surface area contributed by atoms with Gasteiger partial charge in [0.25, 0.3) is 17.7 Å². The number of imide groups is 1. The van der Waals surface area contributed by atoms with E-state index in [9.17, 15) is 14.4 Å². The van der Waals surface area contributed by atoms with Gasteiger partial charge in [0, 0.05) is 30.6 Å². The predicted molar refractivity (Wildman–Crippen MR) is 125 cm³/mol. The normalized spacial score (nSPS) is 12.6. The molecule has 8 heteroatoms. The maximum atomic E-state index is 13.2. The van der Waals surface area contributed by atoms with Crippen LogP contribution < -0.4 is 9.47 Å². The number of thiophene rings is 1. The van der Waals surface area contributed by atoms with Crippen LogP contribution in [0.2, 0.25) is 0 Å². The zero-order valence-corrected chi connectivity index (χ0v) is 19.5. The van der Waals surface area contributed by atoms with Crippen molar-refractivity contribution < 1.29 is 23.9 Å². The van der Waals surface area contributed by atoms with Gasteiger partial charge >= 0.3 is 0 Å². The van der Waals surface area contributed by atoms with Crippen LogP contribution in [0.1, 0.15) is 48.4 Å². The third-order valence-electron chi connectivity index (χ3n) is 5.56. The first-order valence-electron chi connectivity index (χ1n) is 10.5. The van der Waals surface area contributed by atoms with E-state index in [-0.39, 0.29) is 17.4 Å². The summed E-state index contributed by atoms with van der Waals surface area (Å²) in [5.41, 5.74) is 1.84. The van der Waals surface area contributed by atoms with Gasteiger partial charge in [0.1, 0.15) is 6.61 Å². The number of carbonyl (C=O) groups excluding carboxylic acids is 3. The molecule has 1 aliphatic heterocycles. The summed E-state index contributed by atoms with van der Waals surface area (Å²) in [6.45, 7) is 3.19. The van der Waals surface area contributed by atoms with Gasteiger partial charge in [-0.05, 0) is 54.3 Å². The minimum atomic E-state index is -0.393. The van der Waals surface area contributed by atoms with Crippen LogP contribution in [-0.4, -0.2) is 48.2 Å². The van der Waals surface area contributed by atoms with E-state index in [0.717, 1.165) is 15.3 Å². The molecular weight excluding hydrogens is 440 g/mol. The second kappa shape index (κ2) is 9.46.